The zero-order valence-electron chi connectivity index (χ0n) is 17.3. The lowest BCUT2D eigenvalue weighted by atomic mass is 9.46. The number of benzene rings is 1. The van der Waals surface area contributed by atoms with E-state index in [4.69, 9.17) is 9.47 Å². The standard InChI is InChI=1S/C21H29F2N3O3.HI/c1-3-24-20(26-17-15-7-10-28-18(15)21(17)8-4-9-21)25-12-13-11-14(27-2)5-6-16(13)29-19(22)23;/h5-6,11,15,17-19H,3-4,7-10,12H2,1-2H3,(H2,24,25,26);1H. The first-order valence-electron chi connectivity index (χ1n) is 10.4. The van der Waals surface area contributed by atoms with Gasteiger partial charge in [0.15, 0.2) is 5.96 Å². The number of halogens is 3. The molecule has 1 spiro atoms. The minimum Gasteiger partial charge on any atom is -0.497 e. The van der Waals surface area contributed by atoms with Crippen LogP contribution in [0.25, 0.3) is 0 Å². The van der Waals surface area contributed by atoms with Gasteiger partial charge in [0.25, 0.3) is 0 Å². The van der Waals surface area contributed by atoms with E-state index in [1.54, 1.807) is 12.1 Å². The molecule has 1 aromatic rings. The highest BCUT2D eigenvalue weighted by atomic mass is 127. The molecule has 3 unspecified atom stereocenters. The predicted molar refractivity (Wildman–Crippen MR) is 121 cm³/mol. The highest BCUT2D eigenvalue weighted by Gasteiger charge is 2.66. The minimum atomic E-state index is -2.88. The van der Waals surface area contributed by atoms with Gasteiger partial charge in [0.2, 0.25) is 0 Å². The van der Waals surface area contributed by atoms with Crippen molar-refractivity contribution in [3.8, 4) is 11.5 Å². The number of fused-ring (bicyclic) bond motifs is 2. The van der Waals surface area contributed by atoms with Gasteiger partial charge in [-0.25, -0.2) is 4.99 Å². The van der Waals surface area contributed by atoms with Crippen molar-refractivity contribution in [1.82, 2.24) is 10.6 Å². The van der Waals surface area contributed by atoms with Gasteiger partial charge in [-0.15, -0.1) is 24.0 Å². The van der Waals surface area contributed by atoms with Crippen LogP contribution in [-0.4, -0.2) is 45.0 Å². The van der Waals surface area contributed by atoms with E-state index < -0.39 is 6.61 Å². The van der Waals surface area contributed by atoms with E-state index >= 15 is 0 Å². The summed E-state index contributed by atoms with van der Waals surface area (Å²) in [6.07, 6.45) is 5.07. The Hall–Kier alpha value is -1.36. The molecule has 0 amide bonds. The van der Waals surface area contributed by atoms with Crippen molar-refractivity contribution in [2.75, 3.05) is 20.3 Å². The molecule has 0 radical (unpaired) electrons. The monoisotopic (exact) mass is 537 g/mol. The van der Waals surface area contributed by atoms with Crippen LogP contribution in [0.1, 0.15) is 38.2 Å². The predicted octanol–water partition coefficient (Wildman–Crippen LogP) is 3.93. The number of ether oxygens (including phenoxy) is 3. The molecule has 4 rings (SSSR count). The van der Waals surface area contributed by atoms with Crippen molar-refractivity contribution >= 4 is 29.9 Å². The molecule has 1 heterocycles. The third-order valence-corrected chi connectivity index (χ3v) is 6.56. The molecule has 0 bridgehead atoms. The average Bonchev–Trinajstić information content (AvgIpc) is 3.08. The fourth-order valence-corrected chi connectivity index (χ4v) is 5.10. The maximum Gasteiger partial charge on any atom is 0.387 e. The van der Waals surface area contributed by atoms with Crippen LogP contribution in [0.4, 0.5) is 8.78 Å². The first-order chi connectivity index (χ1) is 14.1. The number of hydrogen-bond acceptors (Lipinski definition) is 4. The molecule has 1 saturated heterocycles. The summed E-state index contributed by atoms with van der Waals surface area (Å²) in [7, 11) is 1.54. The molecule has 9 heteroatoms. The average molecular weight is 537 g/mol. The Labute approximate surface area is 193 Å². The summed E-state index contributed by atoms with van der Waals surface area (Å²) >= 11 is 0. The molecule has 0 aromatic heterocycles. The summed E-state index contributed by atoms with van der Waals surface area (Å²) in [4.78, 5) is 4.66. The first kappa shape index (κ1) is 23.3. The van der Waals surface area contributed by atoms with Gasteiger partial charge in [0.05, 0.1) is 19.8 Å². The Morgan fingerprint density at radius 2 is 2.17 bits per heavy atom. The fourth-order valence-electron chi connectivity index (χ4n) is 5.10. The van der Waals surface area contributed by atoms with Gasteiger partial charge >= 0.3 is 6.61 Å². The smallest absolute Gasteiger partial charge is 0.387 e. The van der Waals surface area contributed by atoms with Gasteiger partial charge in [0.1, 0.15) is 11.5 Å². The second-order valence-electron chi connectivity index (χ2n) is 8.00. The maximum atomic E-state index is 12.8. The Kier molecular flexibility index (Phi) is 7.65. The Morgan fingerprint density at radius 3 is 2.80 bits per heavy atom. The van der Waals surface area contributed by atoms with E-state index in [0.717, 1.165) is 13.0 Å². The minimum absolute atomic E-state index is 0. The highest BCUT2D eigenvalue weighted by Crippen LogP contribution is 2.62. The summed E-state index contributed by atoms with van der Waals surface area (Å²) in [6.45, 7) is 0.884. The van der Waals surface area contributed by atoms with E-state index in [9.17, 15) is 8.78 Å². The van der Waals surface area contributed by atoms with Gasteiger partial charge in [-0.3, -0.25) is 0 Å². The Balaban J connectivity index is 0.00000256. The summed E-state index contributed by atoms with van der Waals surface area (Å²) in [5, 5.41) is 6.90. The molecule has 2 N–H and O–H groups in total. The van der Waals surface area contributed by atoms with Crippen molar-refractivity contribution in [1.29, 1.82) is 0 Å². The lowest BCUT2D eigenvalue weighted by Gasteiger charge is -2.63. The number of alkyl halides is 2. The van der Waals surface area contributed by atoms with E-state index in [0.29, 0.717) is 41.9 Å². The summed E-state index contributed by atoms with van der Waals surface area (Å²) < 4.78 is 41.4. The van der Waals surface area contributed by atoms with Crippen LogP contribution < -0.4 is 20.1 Å². The second kappa shape index (κ2) is 9.84. The SMILES string of the molecule is CCNC(=NCc1cc(OC)ccc1OC(F)F)NC1C2CCOC2C12CCC2.I. The number of aliphatic imine (C=N–C) groups is 1. The van der Waals surface area contributed by atoms with Crippen molar-refractivity contribution in [3.05, 3.63) is 23.8 Å². The molecule has 1 aliphatic heterocycles. The molecular formula is C21H30F2IN3O3. The number of rotatable bonds is 7. The van der Waals surface area contributed by atoms with E-state index in [1.165, 1.54) is 32.4 Å². The van der Waals surface area contributed by atoms with Crippen LogP contribution in [-0.2, 0) is 11.3 Å². The molecule has 2 aliphatic carbocycles. The second-order valence-corrected chi connectivity index (χ2v) is 8.00. The van der Waals surface area contributed by atoms with Crippen LogP contribution in [0.5, 0.6) is 11.5 Å². The fraction of sp³-hybridized carbons (Fsp3) is 0.667. The lowest BCUT2D eigenvalue weighted by molar-refractivity contribution is -0.171. The zero-order valence-corrected chi connectivity index (χ0v) is 19.7. The van der Waals surface area contributed by atoms with Crippen LogP contribution in [0.3, 0.4) is 0 Å². The van der Waals surface area contributed by atoms with Crippen molar-refractivity contribution in [3.63, 3.8) is 0 Å². The topological polar surface area (TPSA) is 64.1 Å². The molecule has 3 aliphatic rings. The quantitative estimate of drug-likeness (QED) is 0.314. The lowest BCUT2D eigenvalue weighted by Crippen LogP contribution is -2.72. The van der Waals surface area contributed by atoms with E-state index in [1.807, 2.05) is 6.92 Å². The van der Waals surface area contributed by atoms with Crippen molar-refractivity contribution in [2.24, 2.45) is 16.3 Å². The molecule has 30 heavy (non-hydrogen) atoms. The van der Waals surface area contributed by atoms with Crippen molar-refractivity contribution < 1.29 is 23.0 Å². The normalized spacial score (nSPS) is 26.3. The Bertz CT molecular complexity index is 761. The van der Waals surface area contributed by atoms with Gasteiger partial charge in [-0.2, -0.15) is 8.78 Å². The number of guanidine groups is 1. The molecule has 3 fully saturated rings. The third kappa shape index (κ3) is 4.32. The third-order valence-electron chi connectivity index (χ3n) is 6.56. The van der Waals surface area contributed by atoms with E-state index in [-0.39, 0.29) is 41.7 Å². The molecule has 2 saturated carbocycles. The van der Waals surface area contributed by atoms with Crippen LogP contribution in [0.2, 0.25) is 0 Å². The molecule has 168 valence electrons. The van der Waals surface area contributed by atoms with Crippen LogP contribution in [0.15, 0.2) is 23.2 Å². The number of nitrogens with zero attached hydrogens (tertiary/aromatic N) is 1. The van der Waals surface area contributed by atoms with Gasteiger partial charge < -0.3 is 24.8 Å². The molecule has 1 aromatic carbocycles. The largest absolute Gasteiger partial charge is 0.497 e. The Morgan fingerprint density at radius 1 is 1.37 bits per heavy atom. The molecule has 6 nitrogen and oxygen atoms in total. The van der Waals surface area contributed by atoms with E-state index in [2.05, 4.69) is 20.4 Å². The number of nitrogens with one attached hydrogen (secondary N) is 2. The van der Waals surface area contributed by atoms with Gasteiger partial charge in [-0.1, -0.05) is 6.42 Å². The zero-order chi connectivity index (χ0) is 20.4. The summed E-state index contributed by atoms with van der Waals surface area (Å²) in [6, 6.07) is 5.13. The maximum absolute atomic E-state index is 12.8. The van der Waals surface area contributed by atoms with Crippen LogP contribution >= 0.6 is 24.0 Å². The number of hydrogen-bond donors (Lipinski definition) is 2. The first-order valence-corrected chi connectivity index (χ1v) is 10.4. The number of methoxy groups -OCH3 is 1. The highest BCUT2D eigenvalue weighted by molar-refractivity contribution is 14.0. The van der Waals surface area contributed by atoms with Gasteiger partial charge in [-0.05, 0) is 44.4 Å². The molecular weight excluding hydrogens is 507 g/mol. The summed E-state index contributed by atoms with van der Waals surface area (Å²) in [5.41, 5.74) is 0.785. The van der Waals surface area contributed by atoms with Crippen molar-refractivity contribution in [2.45, 2.75) is 57.9 Å². The van der Waals surface area contributed by atoms with Crippen LogP contribution in [0, 0.1) is 11.3 Å². The molecule has 3 atom stereocenters. The summed E-state index contributed by atoms with van der Waals surface area (Å²) in [5.74, 6) is 1.91. The van der Waals surface area contributed by atoms with Gasteiger partial charge in [0, 0.05) is 36.1 Å².